The van der Waals surface area contributed by atoms with Crippen molar-refractivity contribution in [3.8, 4) is 5.75 Å². The average molecular weight is 498 g/mol. The number of hydrogen-bond acceptors (Lipinski definition) is 4. The summed E-state index contributed by atoms with van der Waals surface area (Å²) in [6.07, 6.45) is 0.157. The van der Waals surface area contributed by atoms with Gasteiger partial charge in [-0.3, -0.25) is 20.4 Å². The smallest absolute Gasteiger partial charge is 0.243 e. The van der Waals surface area contributed by atoms with Crippen LogP contribution in [0.25, 0.3) is 0 Å². The number of carbonyl (C=O) groups excluding carboxylic acids is 2. The number of rotatable bonds is 7. The molecule has 1 saturated heterocycles. The Kier molecular flexibility index (Phi) is 6.70. The largest absolute Gasteiger partial charge is 0.489 e. The van der Waals surface area contributed by atoms with E-state index in [1.807, 2.05) is 24.3 Å². The standard InChI is InChI=1S/C24H21BrFN3O3/c25-18-6-10-21(11-7-18)29-14-17(12-23(29)30)24(31)28-27-20-2-1-3-22(13-20)32-15-16-4-8-19(26)9-5-16/h1-11,13,17,27H,12,14-15H2,(H,28,31)/t17-/m0/s1. The van der Waals surface area contributed by atoms with E-state index in [0.29, 0.717) is 24.6 Å². The number of halogens is 2. The Morgan fingerprint density at radius 1 is 1.09 bits per heavy atom. The lowest BCUT2D eigenvalue weighted by molar-refractivity contribution is -0.125. The second-order valence-electron chi connectivity index (χ2n) is 7.44. The molecule has 1 aliphatic rings. The topological polar surface area (TPSA) is 70.7 Å². The summed E-state index contributed by atoms with van der Waals surface area (Å²) < 4.78 is 19.7. The van der Waals surface area contributed by atoms with Crippen LogP contribution in [0.4, 0.5) is 15.8 Å². The van der Waals surface area contributed by atoms with Gasteiger partial charge in [-0.15, -0.1) is 0 Å². The van der Waals surface area contributed by atoms with E-state index in [4.69, 9.17) is 4.74 Å². The SMILES string of the molecule is O=C(NNc1cccc(OCc2ccc(F)cc2)c1)[C@H]1CC(=O)N(c2ccc(Br)cc2)C1. The second-order valence-corrected chi connectivity index (χ2v) is 8.35. The maximum atomic E-state index is 13.0. The van der Waals surface area contributed by atoms with E-state index in [2.05, 4.69) is 26.8 Å². The third-order valence-electron chi connectivity index (χ3n) is 5.12. The Morgan fingerprint density at radius 2 is 1.84 bits per heavy atom. The van der Waals surface area contributed by atoms with Gasteiger partial charge in [0.15, 0.2) is 0 Å². The molecule has 8 heteroatoms. The van der Waals surface area contributed by atoms with Crippen LogP contribution >= 0.6 is 15.9 Å². The summed E-state index contributed by atoms with van der Waals surface area (Å²) in [5.41, 5.74) is 7.82. The highest BCUT2D eigenvalue weighted by Crippen LogP contribution is 2.26. The van der Waals surface area contributed by atoms with E-state index in [1.54, 1.807) is 41.3 Å². The molecule has 32 heavy (non-hydrogen) atoms. The van der Waals surface area contributed by atoms with Crippen LogP contribution in [0, 0.1) is 11.7 Å². The average Bonchev–Trinajstić information content (AvgIpc) is 3.19. The van der Waals surface area contributed by atoms with Gasteiger partial charge in [0.1, 0.15) is 18.2 Å². The highest BCUT2D eigenvalue weighted by atomic mass is 79.9. The number of carbonyl (C=O) groups is 2. The van der Waals surface area contributed by atoms with Gasteiger partial charge in [0.2, 0.25) is 11.8 Å². The number of ether oxygens (including phenoxy) is 1. The van der Waals surface area contributed by atoms with Crippen molar-refractivity contribution < 1.29 is 18.7 Å². The van der Waals surface area contributed by atoms with Gasteiger partial charge in [0.25, 0.3) is 0 Å². The molecule has 0 unspecified atom stereocenters. The van der Waals surface area contributed by atoms with Crippen LogP contribution < -0.4 is 20.5 Å². The van der Waals surface area contributed by atoms with Crippen LogP contribution in [-0.2, 0) is 16.2 Å². The number of anilines is 2. The summed E-state index contributed by atoms with van der Waals surface area (Å²) in [6.45, 7) is 0.626. The molecule has 2 N–H and O–H groups in total. The molecule has 1 atom stereocenters. The highest BCUT2D eigenvalue weighted by Gasteiger charge is 2.35. The first kappa shape index (κ1) is 21.8. The Morgan fingerprint density at radius 3 is 2.59 bits per heavy atom. The van der Waals surface area contributed by atoms with Crippen molar-refractivity contribution in [2.75, 3.05) is 16.9 Å². The minimum absolute atomic E-state index is 0.0799. The molecule has 4 rings (SSSR count). The van der Waals surface area contributed by atoms with Crippen molar-refractivity contribution >= 4 is 39.1 Å². The van der Waals surface area contributed by atoms with Crippen molar-refractivity contribution in [1.82, 2.24) is 5.43 Å². The summed E-state index contributed by atoms with van der Waals surface area (Å²) >= 11 is 3.38. The number of nitrogens with zero attached hydrogens (tertiary/aromatic N) is 1. The number of benzene rings is 3. The first-order chi connectivity index (χ1) is 15.5. The van der Waals surface area contributed by atoms with E-state index in [-0.39, 0.29) is 24.1 Å². The fraction of sp³-hybridized carbons (Fsp3) is 0.167. The Bertz CT molecular complexity index is 1110. The molecule has 1 aliphatic heterocycles. The van der Waals surface area contributed by atoms with Crippen molar-refractivity contribution in [2.45, 2.75) is 13.0 Å². The minimum Gasteiger partial charge on any atom is -0.489 e. The quantitative estimate of drug-likeness (QED) is 0.465. The van der Waals surface area contributed by atoms with Gasteiger partial charge in [-0.25, -0.2) is 4.39 Å². The lowest BCUT2D eigenvalue weighted by Gasteiger charge is -2.17. The molecule has 0 radical (unpaired) electrons. The maximum absolute atomic E-state index is 13.0. The lowest BCUT2D eigenvalue weighted by Crippen LogP contribution is -2.36. The zero-order valence-corrected chi connectivity index (χ0v) is 18.6. The maximum Gasteiger partial charge on any atom is 0.243 e. The molecule has 1 heterocycles. The van der Waals surface area contributed by atoms with Crippen LogP contribution in [0.2, 0.25) is 0 Å². The van der Waals surface area contributed by atoms with E-state index in [0.717, 1.165) is 15.7 Å². The van der Waals surface area contributed by atoms with Crippen molar-refractivity contribution in [2.24, 2.45) is 5.92 Å². The zero-order valence-electron chi connectivity index (χ0n) is 17.1. The fourth-order valence-corrected chi connectivity index (χ4v) is 3.66. The summed E-state index contributed by atoms with van der Waals surface area (Å²) in [6, 6.07) is 20.6. The molecule has 2 amide bonds. The van der Waals surface area contributed by atoms with E-state index >= 15 is 0 Å². The third-order valence-corrected chi connectivity index (χ3v) is 5.65. The molecular formula is C24H21BrFN3O3. The number of hydrazine groups is 1. The van der Waals surface area contributed by atoms with Gasteiger partial charge in [-0.1, -0.05) is 34.1 Å². The molecule has 0 bridgehead atoms. The molecule has 0 saturated carbocycles. The van der Waals surface area contributed by atoms with Crippen molar-refractivity contribution in [1.29, 1.82) is 0 Å². The predicted octanol–water partition coefficient (Wildman–Crippen LogP) is 4.66. The van der Waals surface area contributed by atoms with Crippen LogP contribution in [0.5, 0.6) is 5.75 Å². The molecular weight excluding hydrogens is 477 g/mol. The molecule has 0 aromatic heterocycles. The third kappa shape index (κ3) is 5.45. The summed E-state index contributed by atoms with van der Waals surface area (Å²) in [5, 5.41) is 0. The second kappa shape index (κ2) is 9.82. The first-order valence-corrected chi connectivity index (χ1v) is 10.9. The number of hydrogen-bond donors (Lipinski definition) is 2. The van der Waals surface area contributed by atoms with Crippen LogP contribution in [0.15, 0.2) is 77.3 Å². The monoisotopic (exact) mass is 497 g/mol. The Labute approximate surface area is 193 Å². The lowest BCUT2D eigenvalue weighted by atomic mass is 10.1. The minimum atomic E-state index is -0.448. The Hall–Kier alpha value is -3.39. The molecule has 6 nitrogen and oxygen atoms in total. The van der Waals surface area contributed by atoms with E-state index in [9.17, 15) is 14.0 Å². The van der Waals surface area contributed by atoms with E-state index < -0.39 is 5.92 Å². The van der Waals surface area contributed by atoms with Gasteiger partial charge >= 0.3 is 0 Å². The van der Waals surface area contributed by atoms with Crippen LogP contribution in [-0.4, -0.2) is 18.4 Å². The molecule has 0 aliphatic carbocycles. The molecule has 1 fully saturated rings. The van der Waals surface area contributed by atoms with Gasteiger partial charge in [-0.2, -0.15) is 0 Å². The molecule has 164 valence electrons. The first-order valence-electron chi connectivity index (χ1n) is 10.1. The molecule has 3 aromatic carbocycles. The van der Waals surface area contributed by atoms with Gasteiger partial charge in [-0.05, 0) is 54.1 Å². The van der Waals surface area contributed by atoms with Crippen LogP contribution in [0.3, 0.4) is 0 Å². The Balaban J connectivity index is 1.30. The highest BCUT2D eigenvalue weighted by molar-refractivity contribution is 9.10. The number of amides is 2. The molecule has 3 aromatic rings. The van der Waals surface area contributed by atoms with Crippen molar-refractivity contribution in [3.05, 3.63) is 88.6 Å². The summed E-state index contributed by atoms with van der Waals surface area (Å²) in [7, 11) is 0. The summed E-state index contributed by atoms with van der Waals surface area (Å²) in [5.74, 6) is -0.471. The van der Waals surface area contributed by atoms with E-state index in [1.165, 1.54) is 12.1 Å². The van der Waals surface area contributed by atoms with Gasteiger partial charge < -0.3 is 9.64 Å². The fourth-order valence-electron chi connectivity index (χ4n) is 3.40. The normalized spacial score (nSPS) is 15.5. The van der Waals surface area contributed by atoms with Crippen molar-refractivity contribution in [3.63, 3.8) is 0 Å². The predicted molar refractivity (Wildman–Crippen MR) is 124 cm³/mol. The van der Waals surface area contributed by atoms with Gasteiger partial charge in [0, 0.05) is 29.2 Å². The van der Waals surface area contributed by atoms with Gasteiger partial charge in [0.05, 0.1) is 11.6 Å². The number of nitrogens with one attached hydrogen (secondary N) is 2. The molecule has 0 spiro atoms. The summed E-state index contributed by atoms with van der Waals surface area (Å²) in [4.78, 5) is 26.6. The van der Waals surface area contributed by atoms with Crippen LogP contribution in [0.1, 0.15) is 12.0 Å². The zero-order chi connectivity index (χ0) is 22.5.